The first-order chi connectivity index (χ1) is 9.68. The molecule has 7 heteroatoms. The summed E-state index contributed by atoms with van der Waals surface area (Å²) in [6, 6.07) is 0. The fourth-order valence-electron chi connectivity index (χ4n) is 5.62. The first kappa shape index (κ1) is 14.3. The molecule has 4 aliphatic carbocycles. The summed E-state index contributed by atoms with van der Waals surface area (Å²) in [6.45, 7) is 2.89. The maximum absolute atomic E-state index is 11.7. The van der Waals surface area contributed by atoms with Crippen LogP contribution in [-0.4, -0.2) is 33.4 Å². The molecule has 2 atom stereocenters. The molecule has 0 radical (unpaired) electrons. The number of rotatable bonds is 3. The molecule has 4 bridgehead atoms. The van der Waals surface area contributed by atoms with Crippen LogP contribution in [0.15, 0.2) is 0 Å². The van der Waals surface area contributed by atoms with E-state index in [1.165, 1.54) is 13.8 Å². The summed E-state index contributed by atoms with van der Waals surface area (Å²) in [6.07, 6.45) is 3.48. The predicted octanol–water partition coefficient (Wildman–Crippen LogP) is 0.749. The molecule has 0 spiro atoms. The lowest BCUT2D eigenvalue weighted by molar-refractivity contribution is -0.590. The fraction of sp³-hybridized carbons (Fsp3) is 0.857. The van der Waals surface area contributed by atoms with Gasteiger partial charge < -0.3 is 10.6 Å². The Morgan fingerprint density at radius 2 is 1.48 bits per heavy atom. The van der Waals surface area contributed by atoms with Crippen LogP contribution in [0.4, 0.5) is 0 Å². The number of carbonyl (C=O) groups is 2. The highest BCUT2D eigenvalue weighted by molar-refractivity contribution is 5.75. The van der Waals surface area contributed by atoms with Crippen LogP contribution < -0.4 is 10.6 Å². The molecule has 0 aromatic heterocycles. The number of nitro groups is 1. The van der Waals surface area contributed by atoms with Crippen molar-refractivity contribution in [2.75, 3.05) is 0 Å². The molecule has 4 aliphatic rings. The summed E-state index contributed by atoms with van der Waals surface area (Å²) in [5.41, 5.74) is -2.09. The Labute approximate surface area is 123 Å². The lowest BCUT2D eigenvalue weighted by Crippen LogP contribution is -2.75. The van der Waals surface area contributed by atoms with Crippen molar-refractivity contribution < 1.29 is 14.5 Å². The Bertz CT molecular complexity index is 500. The first-order valence-corrected chi connectivity index (χ1v) is 7.40. The fourth-order valence-corrected chi connectivity index (χ4v) is 5.62. The van der Waals surface area contributed by atoms with Gasteiger partial charge in [-0.15, -0.1) is 0 Å². The van der Waals surface area contributed by atoms with E-state index < -0.39 is 16.6 Å². The molecule has 0 heterocycles. The van der Waals surface area contributed by atoms with E-state index in [2.05, 4.69) is 10.6 Å². The van der Waals surface area contributed by atoms with Gasteiger partial charge in [0.2, 0.25) is 17.4 Å². The monoisotopic (exact) mass is 295 g/mol. The largest absolute Gasteiger partial charge is 0.351 e. The second kappa shape index (κ2) is 4.18. The molecule has 4 saturated carbocycles. The minimum Gasteiger partial charge on any atom is -0.351 e. The van der Waals surface area contributed by atoms with Crippen molar-refractivity contribution in [3.63, 3.8) is 0 Å². The lowest BCUT2D eigenvalue weighted by Gasteiger charge is -2.62. The molecule has 0 aromatic rings. The highest BCUT2D eigenvalue weighted by Crippen LogP contribution is 2.60. The molecule has 2 amide bonds. The minimum atomic E-state index is -1.01. The highest BCUT2D eigenvalue weighted by atomic mass is 16.6. The molecule has 2 N–H and O–H groups in total. The Morgan fingerprint density at radius 3 is 1.86 bits per heavy atom. The summed E-state index contributed by atoms with van der Waals surface area (Å²) >= 11 is 0. The average Bonchev–Trinajstić information content (AvgIpc) is 2.22. The number of amides is 2. The van der Waals surface area contributed by atoms with Gasteiger partial charge in [-0.25, -0.2) is 0 Å². The van der Waals surface area contributed by atoms with Gasteiger partial charge in [0.25, 0.3) is 0 Å². The van der Waals surface area contributed by atoms with Gasteiger partial charge in [-0.1, -0.05) is 0 Å². The Hall–Kier alpha value is -1.66. The van der Waals surface area contributed by atoms with Crippen LogP contribution in [0.5, 0.6) is 0 Å². The number of carbonyl (C=O) groups excluding carboxylic acids is 2. The van der Waals surface area contributed by atoms with Crippen LogP contribution >= 0.6 is 0 Å². The number of nitrogens with zero attached hydrogens (tertiary/aromatic N) is 1. The van der Waals surface area contributed by atoms with E-state index in [1.807, 2.05) is 0 Å². The van der Waals surface area contributed by atoms with Gasteiger partial charge in [0, 0.05) is 49.1 Å². The highest BCUT2D eigenvalue weighted by Gasteiger charge is 2.69. The first-order valence-electron chi connectivity index (χ1n) is 7.40. The standard InChI is InChI=1S/C14H21N3O4/c1-9(18)15-12-3-11-4-13(6-12,16-10(2)19)8-14(5-11,7-12)17(20)21/h11H,3-8H2,1-2H3,(H,15,18)(H,16,19). The van der Waals surface area contributed by atoms with Crippen LogP contribution in [-0.2, 0) is 9.59 Å². The molecule has 0 saturated heterocycles. The molecule has 4 fully saturated rings. The molecule has 4 rings (SSSR count). The van der Waals surface area contributed by atoms with Crippen LogP contribution in [0.25, 0.3) is 0 Å². The molecule has 116 valence electrons. The van der Waals surface area contributed by atoms with E-state index in [1.54, 1.807) is 0 Å². The molecule has 2 unspecified atom stereocenters. The van der Waals surface area contributed by atoms with Crippen LogP contribution in [0.2, 0.25) is 0 Å². The van der Waals surface area contributed by atoms with Crippen LogP contribution in [0, 0.1) is 16.0 Å². The minimum absolute atomic E-state index is 0.159. The summed E-state index contributed by atoms with van der Waals surface area (Å²) < 4.78 is 0. The molecular weight excluding hydrogens is 274 g/mol. The van der Waals surface area contributed by atoms with E-state index in [4.69, 9.17) is 0 Å². The smallest absolute Gasteiger partial charge is 0.227 e. The summed E-state index contributed by atoms with van der Waals surface area (Å²) in [5.74, 6) is -0.132. The third kappa shape index (κ3) is 2.18. The van der Waals surface area contributed by atoms with Gasteiger partial charge in [-0.05, 0) is 25.2 Å². The van der Waals surface area contributed by atoms with E-state index in [0.717, 1.165) is 12.8 Å². The van der Waals surface area contributed by atoms with Crippen molar-refractivity contribution in [3.8, 4) is 0 Å². The third-order valence-electron chi connectivity index (χ3n) is 5.31. The van der Waals surface area contributed by atoms with Crippen molar-refractivity contribution in [2.24, 2.45) is 5.92 Å². The maximum Gasteiger partial charge on any atom is 0.227 e. The van der Waals surface area contributed by atoms with Crippen LogP contribution in [0.1, 0.15) is 52.4 Å². The Kier molecular flexibility index (Phi) is 2.84. The molecule has 0 aliphatic heterocycles. The Balaban J connectivity index is 2.01. The summed E-state index contributed by atoms with van der Waals surface area (Å²) in [5, 5.41) is 17.6. The lowest BCUT2D eigenvalue weighted by atomic mass is 9.47. The second-order valence-corrected chi connectivity index (χ2v) is 7.41. The second-order valence-electron chi connectivity index (χ2n) is 7.41. The zero-order valence-electron chi connectivity index (χ0n) is 12.4. The molecular formula is C14H21N3O4. The average molecular weight is 295 g/mol. The van der Waals surface area contributed by atoms with Crippen molar-refractivity contribution >= 4 is 11.8 Å². The van der Waals surface area contributed by atoms with E-state index in [9.17, 15) is 19.7 Å². The normalized spacial score (nSPS) is 43.4. The number of nitrogens with one attached hydrogen (secondary N) is 2. The van der Waals surface area contributed by atoms with Crippen molar-refractivity contribution in [3.05, 3.63) is 10.1 Å². The van der Waals surface area contributed by atoms with Gasteiger partial charge >= 0.3 is 0 Å². The van der Waals surface area contributed by atoms with E-state index >= 15 is 0 Å². The van der Waals surface area contributed by atoms with Gasteiger partial charge in [0.1, 0.15) is 0 Å². The Morgan fingerprint density at radius 1 is 1.00 bits per heavy atom. The van der Waals surface area contributed by atoms with Gasteiger partial charge in [0.05, 0.1) is 0 Å². The van der Waals surface area contributed by atoms with E-state index in [0.29, 0.717) is 25.7 Å². The number of hydrogen-bond donors (Lipinski definition) is 2. The predicted molar refractivity (Wildman–Crippen MR) is 74.0 cm³/mol. The summed E-state index contributed by atoms with van der Waals surface area (Å²) in [4.78, 5) is 34.6. The maximum atomic E-state index is 11.7. The van der Waals surface area contributed by atoms with Crippen molar-refractivity contribution in [1.29, 1.82) is 0 Å². The molecule has 7 nitrogen and oxygen atoms in total. The molecule has 0 aromatic carbocycles. The summed E-state index contributed by atoms with van der Waals surface area (Å²) in [7, 11) is 0. The third-order valence-corrected chi connectivity index (χ3v) is 5.31. The van der Waals surface area contributed by atoms with Gasteiger partial charge in [-0.3, -0.25) is 19.7 Å². The van der Waals surface area contributed by atoms with Crippen molar-refractivity contribution in [1.82, 2.24) is 10.6 Å². The topological polar surface area (TPSA) is 101 Å². The zero-order valence-corrected chi connectivity index (χ0v) is 12.4. The quantitative estimate of drug-likeness (QED) is 0.592. The van der Waals surface area contributed by atoms with Gasteiger partial charge in [-0.2, -0.15) is 0 Å². The number of hydrogen-bond acceptors (Lipinski definition) is 4. The van der Waals surface area contributed by atoms with Gasteiger partial charge in [0.15, 0.2) is 0 Å². The van der Waals surface area contributed by atoms with Crippen LogP contribution in [0.3, 0.4) is 0 Å². The zero-order chi connectivity index (χ0) is 15.5. The molecule has 21 heavy (non-hydrogen) atoms. The SMILES string of the molecule is CC(=O)NC12CC3CC(NC(C)=O)(C1)CC([N+](=O)[O-])(C3)C2. The van der Waals surface area contributed by atoms with E-state index in [-0.39, 0.29) is 22.7 Å². The van der Waals surface area contributed by atoms with Crippen molar-refractivity contribution in [2.45, 2.75) is 69.0 Å².